The van der Waals surface area contributed by atoms with Crippen LogP contribution in [-0.4, -0.2) is 52.3 Å². The maximum atomic E-state index is 12.5. The normalized spacial score (nSPS) is 12.3. The third kappa shape index (κ3) is 5.12. The Bertz CT molecular complexity index is 915. The topological polar surface area (TPSA) is 66.0 Å². The first-order valence-corrected chi connectivity index (χ1v) is 9.99. The van der Waals surface area contributed by atoms with Gasteiger partial charge >= 0.3 is 0 Å². The number of nitrogens with zero attached hydrogens (tertiary/aromatic N) is 3. The molecule has 3 aromatic rings. The van der Waals surface area contributed by atoms with Crippen molar-refractivity contribution in [2.75, 3.05) is 20.6 Å². The Morgan fingerprint density at radius 2 is 2.07 bits per heavy atom. The van der Waals surface area contributed by atoms with Crippen LogP contribution in [0.4, 0.5) is 0 Å². The van der Waals surface area contributed by atoms with Crippen molar-refractivity contribution in [2.24, 2.45) is 0 Å². The lowest BCUT2D eigenvalue weighted by Gasteiger charge is -2.25. The van der Waals surface area contributed by atoms with Crippen molar-refractivity contribution in [3.8, 4) is 10.7 Å². The van der Waals surface area contributed by atoms with Gasteiger partial charge in [-0.2, -0.15) is 5.10 Å². The molecule has 8 heteroatoms. The van der Waals surface area contributed by atoms with Crippen LogP contribution in [0.2, 0.25) is 0 Å². The van der Waals surface area contributed by atoms with Gasteiger partial charge in [0.2, 0.25) is 5.91 Å². The Morgan fingerprint density at radius 1 is 1.30 bits per heavy atom. The highest BCUT2D eigenvalue weighted by Crippen LogP contribution is 2.22. The molecule has 0 aliphatic rings. The van der Waals surface area contributed by atoms with Gasteiger partial charge in [-0.05, 0) is 49.7 Å². The summed E-state index contributed by atoms with van der Waals surface area (Å²) in [6.45, 7) is 0.717. The zero-order valence-corrected chi connectivity index (χ0v) is 17.0. The maximum absolute atomic E-state index is 12.5. The number of hydrogen-bond donors (Lipinski definition) is 2. The lowest BCUT2D eigenvalue weighted by molar-refractivity contribution is -0.121. The molecule has 1 aromatic carbocycles. The Hall–Kier alpha value is -2.29. The first-order chi connectivity index (χ1) is 13.0. The highest BCUT2D eigenvalue weighted by Gasteiger charge is 2.16. The van der Waals surface area contributed by atoms with E-state index in [1.54, 1.807) is 15.9 Å². The molecule has 0 saturated heterocycles. The van der Waals surface area contributed by atoms with Crippen LogP contribution in [0.25, 0.3) is 10.7 Å². The summed E-state index contributed by atoms with van der Waals surface area (Å²) < 4.78 is 2.18. The average molecular weight is 402 g/mol. The van der Waals surface area contributed by atoms with E-state index in [4.69, 9.17) is 12.2 Å². The molecule has 0 aliphatic carbocycles. The molecule has 2 aromatic heterocycles. The summed E-state index contributed by atoms with van der Waals surface area (Å²) in [4.78, 5) is 15.6. The number of H-pyrrole nitrogens is 1. The van der Waals surface area contributed by atoms with E-state index < -0.39 is 0 Å². The molecular formula is C19H23N5OS2. The van der Waals surface area contributed by atoms with Crippen LogP contribution >= 0.6 is 23.6 Å². The molecule has 0 aliphatic heterocycles. The van der Waals surface area contributed by atoms with Gasteiger partial charge in [0, 0.05) is 12.6 Å². The number of hydrogen-bond acceptors (Lipinski definition) is 5. The number of carbonyl (C=O) groups excluding carboxylic acids is 1. The van der Waals surface area contributed by atoms with Gasteiger partial charge in [-0.1, -0.05) is 36.4 Å². The van der Waals surface area contributed by atoms with E-state index in [0.717, 1.165) is 11.3 Å². The second-order valence-corrected chi connectivity index (χ2v) is 7.86. The molecule has 1 atom stereocenters. The SMILES string of the molecule is CN(C)C(CNC(=O)Cn1c(-c2cccs2)n[nH]c1=S)Cc1ccccc1. The van der Waals surface area contributed by atoms with Gasteiger partial charge in [0.05, 0.1) is 4.88 Å². The highest BCUT2D eigenvalue weighted by atomic mass is 32.1. The summed E-state index contributed by atoms with van der Waals surface area (Å²) in [6, 6.07) is 14.4. The van der Waals surface area contributed by atoms with E-state index in [2.05, 4.69) is 32.5 Å². The van der Waals surface area contributed by atoms with E-state index in [9.17, 15) is 4.79 Å². The number of aromatic amines is 1. The van der Waals surface area contributed by atoms with Crippen LogP contribution in [0.1, 0.15) is 5.56 Å². The molecule has 0 spiro atoms. The minimum Gasteiger partial charge on any atom is -0.353 e. The summed E-state index contributed by atoms with van der Waals surface area (Å²) in [5.41, 5.74) is 1.25. The molecule has 0 radical (unpaired) electrons. The van der Waals surface area contributed by atoms with Crippen molar-refractivity contribution in [1.29, 1.82) is 0 Å². The molecule has 0 fully saturated rings. The Balaban J connectivity index is 1.62. The third-order valence-corrected chi connectivity index (χ3v) is 5.56. The van der Waals surface area contributed by atoms with Crippen LogP contribution in [-0.2, 0) is 17.8 Å². The van der Waals surface area contributed by atoms with Gasteiger partial charge < -0.3 is 10.2 Å². The fraction of sp³-hybridized carbons (Fsp3) is 0.316. The van der Waals surface area contributed by atoms with E-state index in [1.807, 2.05) is 49.8 Å². The molecular weight excluding hydrogens is 378 g/mol. The molecule has 1 amide bonds. The van der Waals surface area contributed by atoms with E-state index >= 15 is 0 Å². The van der Waals surface area contributed by atoms with Gasteiger partial charge in [0.15, 0.2) is 10.6 Å². The average Bonchev–Trinajstić information content (AvgIpc) is 3.30. The quantitative estimate of drug-likeness (QED) is 0.570. The summed E-state index contributed by atoms with van der Waals surface area (Å²) in [5, 5.41) is 12.1. The molecule has 1 unspecified atom stereocenters. The maximum Gasteiger partial charge on any atom is 0.240 e. The summed E-state index contributed by atoms with van der Waals surface area (Å²) in [5.74, 6) is 0.615. The second kappa shape index (κ2) is 9.07. The van der Waals surface area contributed by atoms with Crippen LogP contribution in [0.3, 0.4) is 0 Å². The van der Waals surface area contributed by atoms with Crippen molar-refractivity contribution in [2.45, 2.75) is 19.0 Å². The van der Waals surface area contributed by atoms with Crippen molar-refractivity contribution >= 4 is 29.5 Å². The molecule has 27 heavy (non-hydrogen) atoms. The van der Waals surface area contributed by atoms with Gasteiger partial charge in [-0.15, -0.1) is 11.3 Å². The smallest absolute Gasteiger partial charge is 0.240 e. The number of rotatable bonds is 8. The number of carbonyl (C=O) groups is 1. The number of aromatic nitrogens is 3. The molecule has 142 valence electrons. The number of likely N-dealkylation sites (N-methyl/N-ethyl adjacent to an activating group) is 1. The largest absolute Gasteiger partial charge is 0.353 e. The monoisotopic (exact) mass is 401 g/mol. The Morgan fingerprint density at radius 3 is 2.74 bits per heavy atom. The number of nitrogens with one attached hydrogen (secondary N) is 2. The van der Waals surface area contributed by atoms with Crippen LogP contribution in [0.5, 0.6) is 0 Å². The van der Waals surface area contributed by atoms with Gasteiger partial charge in [0.25, 0.3) is 0 Å². The molecule has 0 saturated carbocycles. The predicted molar refractivity (Wildman–Crippen MR) is 111 cm³/mol. The summed E-state index contributed by atoms with van der Waals surface area (Å²) in [6.07, 6.45) is 0.875. The van der Waals surface area contributed by atoms with Crippen molar-refractivity contribution in [3.63, 3.8) is 0 Å². The van der Waals surface area contributed by atoms with Crippen LogP contribution < -0.4 is 5.32 Å². The summed E-state index contributed by atoms with van der Waals surface area (Å²) >= 11 is 6.86. The van der Waals surface area contributed by atoms with E-state index in [1.165, 1.54) is 5.56 Å². The van der Waals surface area contributed by atoms with Crippen LogP contribution in [0.15, 0.2) is 47.8 Å². The fourth-order valence-corrected chi connectivity index (χ4v) is 3.73. The van der Waals surface area contributed by atoms with Gasteiger partial charge in [-0.25, -0.2) is 0 Å². The summed E-state index contributed by atoms with van der Waals surface area (Å²) in [7, 11) is 4.06. The number of amides is 1. The first kappa shape index (κ1) is 19.5. The standard InChI is InChI=1S/C19H23N5OS2/c1-23(2)15(11-14-7-4-3-5-8-14)12-20-17(25)13-24-18(21-22-19(24)26)16-9-6-10-27-16/h3-10,15H,11-13H2,1-2H3,(H,20,25)(H,22,26). The number of thiophene rings is 1. The molecule has 0 bridgehead atoms. The first-order valence-electron chi connectivity index (χ1n) is 8.70. The van der Waals surface area contributed by atoms with Crippen molar-refractivity contribution in [1.82, 2.24) is 25.0 Å². The van der Waals surface area contributed by atoms with Gasteiger partial charge in [-0.3, -0.25) is 14.5 Å². The molecule has 2 heterocycles. The zero-order valence-electron chi connectivity index (χ0n) is 15.4. The molecule has 2 N–H and O–H groups in total. The second-order valence-electron chi connectivity index (χ2n) is 6.53. The van der Waals surface area contributed by atoms with Crippen molar-refractivity contribution in [3.05, 3.63) is 58.2 Å². The fourth-order valence-electron chi connectivity index (χ4n) is 2.81. The Labute approximate surface area is 167 Å². The minimum atomic E-state index is -0.0785. The van der Waals surface area contributed by atoms with Gasteiger partial charge in [0.1, 0.15) is 6.54 Å². The third-order valence-electron chi connectivity index (χ3n) is 4.38. The number of benzene rings is 1. The predicted octanol–water partition coefficient (Wildman–Crippen LogP) is 2.96. The van der Waals surface area contributed by atoms with Crippen molar-refractivity contribution < 1.29 is 4.79 Å². The van der Waals surface area contributed by atoms with E-state index in [-0.39, 0.29) is 18.5 Å². The zero-order chi connectivity index (χ0) is 19.2. The highest BCUT2D eigenvalue weighted by molar-refractivity contribution is 7.71. The molecule has 3 rings (SSSR count). The molecule has 6 nitrogen and oxygen atoms in total. The lowest BCUT2D eigenvalue weighted by Crippen LogP contribution is -2.42. The van der Waals surface area contributed by atoms with Crippen LogP contribution in [0, 0.1) is 4.77 Å². The lowest BCUT2D eigenvalue weighted by atomic mass is 10.1. The Kier molecular flexibility index (Phi) is 6.54. The van der Waals surface area contributed by atoms with E-state index in [0.29, 0.717) is 17.1 Å². The minimum absolute atomic E-state index is 0.0785.